The minimum absolute atomic E-state index is 0.264. The molecular weight excluding hydrogens is 339 g/mol. The molecule has 0 unspecified atom stereocenters. The van der Waals surface area contributed by atoms with Crippen molar-refractivity contribution in [2.45, 2.75) is 33.6 Å². The zero-order chi connectivity index (χ0) is 17.2. The summed E-state index contributed by atoms with van der Waals surface area (Å²) in [6, 6.07) is 3.59. The Labute approximate surface area is 147 Å². The molecule has 0 fully saturated rings. The van der Waals surface area contributed by atoms with E-state index in [0.29, 0.717) is 41.4 Å². The van der Waals surface area contributed by atoms with Crippen LogP contribution in [0.15, 0.2) is 23.2 Å². The predicted molar refractivity (Wildman–Crippen MR) is 92.7 cm³/mol. The van der Waals surface area contributed by atoms with Gasteiger partial charge in [-0.2, -0.15) is 0 Å². The minimum Gasteiger partial charge on any atom is -0.492 e. The van der Waals surface area contributed by atoms with E-state index in [2.05, 4.69) is 0 Å². The molecule has 0 bridgehead atoms. The summed E-state index contributed by atoms with van der Waals surface area (Å²) in [7, 11) is 0. The minimum atomic E-state index is -0.264. The fourth-order valence-corrected chi connectivity index (χ4v) is 2.19. The molecule has 1 rings (SSSR count). The summed E-state index contributed by atoms with van der Waals surface area (Å²) >= 11 is 12.0. The zero-order valence-corrected chi connectivity index (χ0v) is 15.2. The molecule has 0 saturated heterocycles. The van der Waals surface area contributed by atoms with E-state index >= 15 is 0 Å². The number of ether oxygens (including phenoxy) is 3. The maximum absolute atomic E-state index is 10.6. The van der Waals surface area contributed by atoms with Gasteiger partial charge in [0.25, 0.3) is 0 Å². The number of benzene rings is 1. The summed E-state index contributed by atoms with van der Waals surface area (Å²) in [6.07, 6.45) is 3.31. The Balaban J connectivity index is 2.47. The predicted octanol–water partition coefficient (Wildman–Crippen LogP) is 4.89. The van der Waals surface area contributed by atoms with Crippen LogP contribution in [0.5, 0.6) is 11.5 Å². The summed E-state index contributed by atoms with van der Waals surface area (Å²) in [4.78, 5) is 10.6. The van der Waals surface area contributed by atoms with Crippen molar-refractivity contribution in [2.24, 2.45) is 0 Å². The Bertz CT molecular complexity index is 529. The molecule has 1 aromatic rings. The molecule has 0 spiro atoms. The lowest BCUT2D eigenvalue weighted by Crippen LogP contribution is -2.04. The van der Waals surface area contributed by atoms with Gasteiger partial charge in [0, 0.05) is 18.0 Å². The smallest absolute Gasteiger partial charge is 0.302 e. The molecule has 0 aliphatic rings. The van der Waals surface area contributed by atoms with Crippen LogP contribution in [-0.4, -0.2) is 25.8 Å². The molecule has 0 radical (unpaired) electrons. The highest BCUT2D eigenvalue weighted by Gasteiger charge is 2.09. The largest absolute Gasteiger partial charge is 0.492 e. The molecule has 0 amide bonds. The van der Waals surface area contributed by atoms with Crippen LogP contribution in [0.1, 0.15) is 32.3 Å². The van der Waals surface area contributed by atoms with E-state index in [1.54, 1.807) is 19.1 Å². The summed E-state index contributed by atoms with van der Waals surface area (Å²) < 4.78 is 16.1. The van der Waals surface area contributed by atoms with Crippen molar-refractivity contribution < 1.29 is 19.0 Å². The molecule has 0 N–H and O–H groups in total. The Kier molecular flexibility index (Phi) is 8.89. The van der Waals surface area contributed by atoms with E-state index in [4.69, 9.17) is 37.4 Å². The lowest BCUT2D eigenvalue weighted by molar-refractivity contribution is -0.141. The molecule has 1 aromatic carbocycles. The summed E-state index contributed by atoms with van der Waals surface area (Å²) in [5, 5.41) is 1.19. The van der Waals surface area contributed by atoms with E-state index < -0.39 is 0 Å². The first-order valence-electron chi connectivity index (χ1n) is 7.41. The van der Waals surface area contributed by atoms with Crippen LogP contribution in [0.2, 0.25) is 5.02 Å². The van der Waals surface area contributed by atoms with Gasteiger partial charge in [-0.05, 0) is 44.4 Å². The molecule has 0 saturated carbocycles. The molecule has 0 aromatic heterocycles. The van der Waals surface area contributed by atoms with E-state index in [9.17, 15) is 4.79 Å². The number of halogens is 2. The van der Waals surface area contributed by atoms with Crippen molar-refractivity contribution in [2.75, 3.05) is 19.8 Å². The standard InChI is InChI=1S/C17H22Cl2O4/c1-12-10-15(22-9-6-13(2)18)11-16(19)17(12)23-8-5-4-7-21-14(3)20/h6,10-11H,4-5,7-9H2,1-3H3/b13-6-. The number of carbonyl (C=O) groups excluding carboxylic acids is 1. The van der Waals surface area contributed by atoms with Gasteiger partial charge in [-0.3, -0.25) is 4.79 Å². The van der Waals surface area contributed by atoms with Gasteiger partial charge in [-0.25, -0.2) is 0 Å². The van der Waals surface area contributed by atoms with Gasteiger partial charge in [-0.1, -0.05) is 23.2 Å². The molecule has 0 aliphatic carbocycles. The van der Waals surface area contributed by atoms with Gasteiger partial charge >= 0.3 is 5.97 Å². The normalized spacial score (nSPS) is 11.3. The number of hydrogen-bond donors (Lipinski definition) is 0. The molecule has 23 heavy (non-hydrogen) atoms. The lowest BCUT2D eigenvalue weighted by atomic mass is 10.2. The molecule has 128 valence electrons. The molecule has 0 heterocycles. The first-order chi connectivity index (χ1) is 10.9. The maximum Gasteiger partial charge on any atom is 0.302 e. The summed E-state index contributed by atoms with van der Waals surface area (Å²) in [5.74, 6) is 1.05. The highest BCUT2D eigenvalue weighted by Crippen LogP contribution is 2.33. The third-order valence-electron chi connectivity index (χ3n) is 2.91. The molecular formula is C17H22Cl2O4. The van der Waals surface area contributed by atoms with Gasteiger partial charge in [0.1, 0.15) is 18.1 Å². The fraction of sp³-hybridized carbons (Fsp3) is 0.471. The zero-order valence-electron chi connectivity index (χ0n) is 13.7. The number of allylic oxidation sites excluding steroid dienone is 1. The van der Waals surface area contributed by atoms with Crippen molar-refractivity contribution in [1.82, 2.24) is 0 Å². The van der Waals surface area contributed by atoms with Crippen molar-refractivity contribution >= 4 is 29.2 Å². The SMILES string of the molecule is CC(=O)OCCCCOc1c(C)cc(OC/C=C(/C)Cl)cc1Cl. The Hall–Kier alpha value is -1.39. The van der Waals surface area contributed by atoms with Crippen LogP contribution in [0.3, 0.4) is 0 Å². The fourth-order valence-electron chi connectivity index (χ4n) is 1.81. The van der Waals surface area contributed by atoms with Crippen molar-refractivity contribution in [1.29, 1.82) is 0 Å². The number of aryl methyl sites for hydroxylation is 1. The monoisotopic (exact) mass is 360 g/mol. The second-order valence-corrected chi connectivity index (χ2v) is 6.05. The van der Waals surface area contributed by atoms with Crippen LogP contribution in [-0.2, 0) is 9.53 Å². The van der Waals surface area contributed by atoms with Gasteiger partial charge < -0.3 is 14.2 Å². The molecule has 0 aliphatic heterocycles. The highest BCUT2D eigenvalue weighted by molar-refractivity contribution is 6.32. The highest BCUT2D eigenvalue weighted by atomic mass is 35.5. The van der Waals surface area contributed by atoms with Crippen LogP contribution in [0.25, 0.3) is 0 Å². The van der Waals surface area contributed by atoms with Crippen LogP contribution >= 0.6 is 23.2 Å². The third-order valence-corrected chi connectivity index (χ3v) is 3.34. The number of hydrogen-bond acceptors (Lipinski definition) is 4. The number of carbonyl (C=O) groups is 1. The molecule has 6 heteroatoms. The topological polar surface area (TPSA) is 44.8 Å². The Morgan fingerprint density at radius 1 is 1.17 bits per heavy atom. The maximum atomic E-state index is 10.6. The van der Waals surface area contributed by atoms with Crippen molar-refractivity contribution in [3.8, 4) is 11.5 Å². The van der Waals surface area contributed by atoms with Crippen molar-refractivity contribution in [3.05, 3.63) is 33.8 Å². The van der Waals surface area contributed by atoms with E-state index in [0.717, 1.165) is 18.4 Å². The molecule has 0 atom stereocenters. The second-order valence-electron chi connectivity index (χ2n) is 5.05. The van der Waals surface area contributed by atoms with Crippen LogP contribution < -0.4 is 9.47 Å². The van der Waals surface area contributed by atoms with Gasteiger partial charge in [0.05, 0.1) is 18.2 Å². The summed E-state index contributed by atoms with van der Waals surface area (Å²) in [5.41, 5.74) is 0.902. The number of unbranched alkanes of at least 4 members (excludes halogenated alkanes) is 1. The Morgan fingerprint density at radius 3 is 2.48 bits per heavy atom. The van der Waals surface area contributed by atoms with Crippen molar-refractivity contribution in [3.63, 3.8) is 0 Å². The Morgan fingerprint density at radius 2 is 1.87 bits per heavy atom. The lowest BCUT2D eigenvalue weighted by Gasteiger charge is -2.13. The first kappa shape index (κ1) is 19.7. The van der Waals surface area contributed by atoms with Gasteiger partial charge in [0.2, 0.25) is 0 Å². The average molecular weight is 361 g/mol. The second kappa shape index (κ2) is 10.4. The van der Waals surface area contributed by atoms with Gasteiger partial charge in [-0.15, -0.1) is 0 Å². The first-order valence-corrected chi connectivity index (χ1v) is 8.17. The number of rotatable bonds is 9. The van der Waals surface area contributed by atoms with Crippen LogP contribution in [0.4, 0.5) is 0 Å². The van der Waals surface area contributed by atoms with E-state index in [-0.39, 0.29) is 5.97 Å². The van der Waals surface area contributed by atoms with Crippen LogP contribution in [0, 0.1) is 6.92 Å². The summed E-state index contributed by atoms with van der Waals surface area (Å²) in [6.45, 7) is 6.41. The van der Waals surface area contributed by atoms with E-state index in [1.807, 2.05) is 13.0 Å². The van der Waals surface area contributed by atoms with E-state index in [1.165, 1.54) is 6.92 Å². The average Bonchev–Trinajstić information content (AvgIpc) is 2.44. The quantitative estimate of drug-likeness (QED) is 0.464. The number of esters is 1. The molecule has 4 nitrogen and oxygen atoms in total. The van der Waals surface area contributed by atoms with Gasteiger partial charge in [0.15, 0.2) is 0 Å². The third kappa shape index (κ3) is 8.14.